The highest BCUT2D eigenvalue weighted by Gasteiger charge is 2.24. The predicted molar refractivity (Wildman–Crippen MR) is 94.4 cm³/mol. The first-order valence-electron chi connectivity index (χ1n) is 7.23. The first-order chi connectivity index (χ1) is 11.3. The Balaban J connectivity index is 2.36. The summed E-state index contributed by atoms with van der Waals surface area (Å²) in [4.78, 5) is 0.0901. The summed E-state index contributed by atoms with van der Waals surface area (Å²) in [5, 5.41) is 0.202. The maximum absolute atomic E-state index is 12.7. The van der Waals surface area contributed by atoms with Gasteiger partial charge in [-0.3, -0.25) is 0 Å². The van der Waals surface area contributed by atoms with Gasteiger partial charge in [-0.25, -0.2) is 8.42 Å². The van der Waals surface area contributed by atoms with Gasteiger partial charge in [0.25, 0.3) is 0 Å². The lowest BCUT2D eigenvalue weighted by Gasteiger charge is -2.20. The number of hydrogen-bond acceptors (Lipinski definition) is 4. The van der Waals surface area contributed by atoms with Crippen LogP contribution in [0.3, 0.4) is 0 Å². The summed E-state index contributed by atoms with van der Waals surface area (Å²) in [6, 6.07) is 10.0. The first kappa shape index (κ1) is 18.6. The average Bonchev–Trinajstić information content (AvgIpc) is 2.56. The average molecular weight is 370 g/mol. The number of hydrogen-bond donors (Lipinski definition) is 0. The SMILES string of the molecule is COc1cc(C)c(CN(C)S(=O)(=O)c2ccccc2Cl)cc1OC. The van der Waals surface area contributed by atoms with Gasteiger partial charge >= 0.3 is 0 Å². The molecule has 0 saturated carbocycles. The smallest absolute Gasteiger partial charge is 0.244 e. The van der Waals surface area contributed by atoms with Crippen LogP contribution in [0.1, 0.15) is 11.1 Å². The van der Waals surface area contributed by atoms with Crippen molar-refractivity contribution in [3.63, 3.8) is 0 Å². The lowest BCUT2D eigenvalue weighted by molar-refractivity contribution is 0.353. The molecule has 5 nitrogen and oxygen atoms in total. The van der Waals surface area contributed by atoms with Crippen LogP contribution in [-0.2, 0) is 16.6 Å². The summed E-state index contributed by atoms with van der Waals surface area (Å²) >= 11 is 6.03. The fourth-order valence-corrected chi connectivity index (χ4v) is 3.98. The van der Waals surface area contributed by atoms with Crippen LogP contribution in [-0.4, -0.2) is 34.0 Å². The molecular weight excluding hydrogens is 350 g/mol. The van der Waals surface area contributed by atoms with Crippen LogP contribution < -0.4 is 9.47 Å². The Kier molecular flexibility index (Phi) is 5.74. The number of sulfonamides is 1. The second-order valence-corrected chi connectivity index (χ2v) is 7.75. The van der Waals surface area contributed by atoms with Crippen LogP contribution in [0.15, 0.2) is 41.3 Å². The van der Waals surface area contributed by atoms with E-state index in [1.54, 1.807) is 38.5 Å². The van der Waals surface area contributed by atoms with E-state index >= 15 is 0 Å². The molecule has 0 unspecified atom stereocenters. The molecule has 7 heteroatoms. The number of benzene rings is 2. The van der Waals surface area contributed by atoms with Crippen molar-refractivity contribution in [3.05, 3.63) is 52.5 Å². The fraction of sp³-hybridized carbons (Fsp3) is 0.294. The monoisotopic (exact) mass is 369 g/mol. The van der Waals surface area contributed by atoms with Crippen LogP contribution in [0.2, 0.25) is 5.02 Å². The molecule has 0 saturated heterocycles. The van der Waals surface area contributed by atoms with E-state index in [2.05, 4.69) is 0 Å². The van der Waals surface area contributed by atoms with E-state index in [1.807, 2.05) is 13.0 Å². The first-order valence-corrected chi connectivity index (χ1v) is 9.05. The molecule has 0 heterocycles. The second-order valence-electron chi connectivity index (χ2n) is 5.33. The lowest BCUT2D eigenvalue weighted by atomic mass is 10.1. The highest BCUT2D eigenvalue weighted by molar-refractivity contribution is 7.89. The van der Waals surface area contributed by atoms with Gasteiger partial charge in [0.1, 0.15) is 4.90 Å². The van der Waals surface area contributed by atoms with E-state index in [9.17, 15) is 8.42 Å². The van der Waals surface area contributed by atoms with E-state index in [1.165, 1.54) is 17.4 Å². The largest absolute Gasteiger partial charge is 0.493 e. The van der Waals surface area contributed by atoms with Crippen molar-refractivity contribution in [1.82, 2.24) is 4.31 Å². The molecule has 24 heavy (non-hydrogen) atoms. The van der Waals surface area contributed by atoms with Crippen LogP contribution >= 0.6 is 11.6 Å². The van der Waals surface area contributed by atoms with Crippen molar-refractivity contribution in [2.75, 3.05) is 21.3 Å². The normalized spacial score (nSPS) is 11.6. The second kappa shape index (κ2) is 7.42. The molecule has 0 amide bonds. The highest BCUT2D eigenvalue weighted by atomic mass is 35.5. The Hall–Kier alpha value is -1.76. The minimum Gasteiger partial charge on any atom is -0.493 e. The van der Waals surface area contributed by atoms with E-state index in [0.717, 1.165) is 11.1 Å². The van der Waals surface area contributed by atoms with E-state index in [4.69, 9.17) is 21.1 Å². The summed E-state index contributed by atoms with van der Waals surface area (Å²) in [6.45, 7) is 2.09. The molecule has 0 fully saturated rings. The summed E-state index contributed by atoms with van der Waals surface area (Å²) in [5.74, 6) is 1.16. The number of rotatable bonds is 6. The number of nitrogens with zero attached hydrogens (tertiary/aromatic N) is 1. The molecule has 2 aromatic rings. The topological polar surface area (TPSA) is 55.8 Å². The number of aryl methyl sites for hydroxylation is 1. The standard InChI is InChI=1S/C17H20ClNO4S/c1-12-9-15(22-3)16(23-4)10-13(12)11-19(2)24(20,21)17-8-6-5-7-14(17)18/h5-10H,11H2,1-4H3. The maximum Gasteiger partial charge on any atom is 0.244 e. The molecule has 0 radical (unpaired) electrons. The van der Waals surface area contributed by atoms with Crippen LogP contribution in [0, 0.1) is 6.92 Å². The molecule has 0 bridgehead atoms. The molecule has 0 spiro atoms. The zero-order valence-corrected chi connectivity index (χ0v) is 15.6. The molecule has 0 aliphatic carbocycles. The Bertz CT molecular complexity index is 836. The van der Waals surface area contributed by atoms with Gasteiger partial charge in [0.15, 0.2) is 11.5 Å². The van der Waals surface area contributed by atoms with Gasteiger partial charge in [0.05, 0.1) is 19.2 Å². The van der Waals surface area contributed by atoms with Gasteiger partial charge in [0, 0.05) is 13.6 Å². The Morgan fingerprint density at radius 2 is 1.67 bits per heavy atom. The van der Waals surface area contributed by atoms with Gasteiger partial charge in [-0.1, -0.05) is 23.7 Å². The minimum atomic E-state index is -3.69. The van der Waals surface area contributed by atoms with Crippen LogP contribution in [0.25, 0.3) is 0 Å². The van der Waals surface area contributed by atoms with Crippen molar-refractivity contribution >= 4 is 21.6 Å². The molecule has 0 N–H and O–H groups in total. The third kappa shape index (κ3) is 3.66. The van der Waals surface area contributed by atoms with Gasteiger partial charge in [-0.15, -0.1) is 0 Å². The quantitative estimate of drug-likeness (QED) is 0.782. The van der Waals surface area contributed by atoms with Crippen LogP contribution in [0.4, 0.5) is 0 Å². The van der Waals surface area contributed by atoms with E-state index in [0.29, 0.717) is 11.5 Å². The summed E-state index contributed by atoms with van der Waals surface area (Å²) in [5.41, 5.74) is 1.74. The molecule has 0 aliphatic heterocycles. The summed E-state index contributed by atoms with van der Waals surface area (Å²) in [7, 11) is 0.935. The maximum atomic E-state index is 12.7. The summed E-state index contributed by atoms with van der Waals surface area (Å²) in [6.07, 6.45) is 0. The van der Waals surface area contributed by atoms with Crippen molar-refractivity contribution < 1.29 is 17.9 Å². The third-order valence-electron chi connectivity index (χ3n) is 3.76. The fourth-order valence-electron chi connectivity index (χ4n) is 2.34. The molecule has 2 rings (SSSR count). The van der Waals surface area contributed by atoms with Crippen molar-refractivity contribution in [2.24, 2.45) is 0 Å². The molecule has 130 valence electrons. The number of ether oxygens (including phenoxy) is 2. The van der Waals surface area contributed by atoms with Crippen molar-refractivity contribution in [3.8, 4) is 11.5 Å². The minimum absolute atomic E-state index is 0.0901. The zero-order valence-electron chi connectivity index (χ0n) is 14.0. The van der Waals surface area contributed by atoms with Crippen molar-refractivity contribution in [1.29, 1.82) is 0 Å². The third-order valence-corrected chi connectivity index (χ3v) is 6.06. The van der Waals surface area contributed by atoms with Crippen LogP contribution in [0.5, 0.6) is 11.5 Å². The van der Waals surface area contributed by atoms with Gasteiger partial charge in [-0.2, -0.15) is 4.31 Å². The lowest BCUT2D eigenvalue weighted by Crippen LogP contribution is -2.27. The van der Waals surface area contributed by atoms with E-state index in [-0.39, 0.29) is 16.5 Å². The molecule has 0 aromatic heterocycles. The Labute approximate surface area is 147 Å². The van der Waals surface area contributed by atoms with Crippen molar-refractivity contribution in [2.45, 2.75) is 18.4 Å². The number of halogens is 1. The van der Waals surface area contributed by atoms with Gasteiger partial charge < -0.3 is 9.47 Å². The molecule has 2 aromatic carbocycles. The highest BCUT2D eigenvalue weighted by Crippen LogP contribution is 2.32. The Morgan fingerprint density at radius 1 is 1.08 bits per heavy atom. The van der Waals surface area contributed by atoms with E-state index < -0.39 is 10.0 Å². The Morgan fingerprint density at radius 3 is 2.25 bits per heavy atom. The van der Waals surface area contributed by atoms with Gasteiger partial charge in [-0.05, 0) is 42.3 Å². The molecule has 0 atom stereocenters. The predicted octanol–water partition coefficient (Wildman–Crippen LogP) is 3.49. The zero-order chi connectivity index (χ0) is 17.9. The molecule has 0 aliphatic rings. The summed E-state index contributed by atoms with van der Waals surface area (Å²) < 4.78 is 37.3. The molecular formula is C17H20ClNO4S. The number of methoxy groups -OCH3 is 2. The van der Waals surface area contributed by atoms with Gasteiger partial charge in [0.2, 0.25) is 10.0 Å².